The number of nitrogens with zero attached hydrogens (tertiary/aromatic N) is 2. The highest BCUT2D eigenvalue weighted by atomic mass is 16.5. The molecule has 2 heterocycles. The number of likely N-dealkylation sites (tertiary alicyclic amines) is 1. The van der Waals surface area contributed by atoms with Crippen LogP contribution in [-0.2, 0) is 0 Å². The fourth-order valence-corrected chi connectivity index (χ4v) is 3.91. The van der Waals surface area contributed by atoms with E-state index in [1.165, 1.54) is 0 Å². The van der Waals surface area contributed by atoms with Gasteiger partial charge in [0.1, 0.15) is 11.5 Å². The summed E-state index contributed by atoms with van der Waals surface area (Å²) >= 11 is 0. The number of aromatic nitrogens is 2. The zero-order chi connectivity index (χ0) is 19.7. The predicted octanol–water partition coefficient (Wildman–Crippen LogP) is 2.82. The topological polar surface area (TPSA) is 76.6 Å². The molecular weight excluding hydrogens is 358 g/mol. The van der Waals surface area contributed by atoms with Crippen molar-refractivity contribution < 1.29 is 14.3 Å². The second-order valence-corrected chi connectivity index (χ2v) is 6.91. The molecule has 7 nitrogen and oxygen atoms in total. The van der Waals surface area contributed by atoms with Crippen molar-refractivity contribution >= 4 is 16.9 Å². The van der Waals surface area contributed by atoms with Gasteiger partial charge in [-0.2, -0.15) is 0 Å². The summed E-state index contributed by atoms with van der Waals surface area (Å²) in [7, 11) is 3.12. The normalized spacial score (nSPS) is 15.0. The monoisotopic (exact) mass is 381 g/mol. The third kappa shape index (κ3) is 3.13. The van der Waals surface area contributed by atoms with Crippen molar-refractivity contribution in [1.29, 1.82) is 0 Å². The molecule has 0 aliphatic carbocycles. The summed E-state index contributed by atoms with van der Waals surface area (Å²) in [5.74, 6) is 1.08. The number of H-pyrrole nitrogens is 1. The zero-order valence-electron chi connectivity index (χ0n) is 16.0. The minimum Gasteiger partial charge on any atom is -0.497 e. The Morgan fingerprint density at radius 2 is 1.82 bits per heavy atom. The van der Waals surface area contributed by atoms with Crippen LogP contribution in [0, 0.1) is 0 Å². The first kappa shape index (κ1) is 18.2. The third-order valence-electron chi connectivity index (χ3n) is 5.38. The molecule has 1 aliphatic rings. The van der Waals surface area contributed by atoms with Crippen molar-refractivity contribution in [2.45, 2.75) is 18.9 Å². The SMILES string of the molecule is COc1ccc(C(=O)N2CCC(n3c(=O)[nH]c4ccccc43)CC2)c(OC)c1. The molecule has 2 aromatic carbocycles. The van der Waals surface area contributed by atoms with Crippen LogP contribution in [0.2, 0.25) is 0 Å². The van der Waals surface area contributed by atoms with Gasteiger partial charge in [-0.05, 0) is 37.1 Å². The molecular formula is C21H23N3O4. The maximum absolute atomic E-state index is 13.0. The van der Waals surface area contributed by atoms with Gasteiger partial charge >= 0.3 is 5.69 Å². The number of carbonyl (C=O) groups is 1. The van der Waals surface area contributed by atoms with E-state index in [2.05, 4.69) is 4.98 Å². The maximum Gasteiger partial charge on any atom is 0.326 e. The highest BCUT2D eigenvalue weighted by Gasteiger charge is 2.28. The van der Waals surface area contributed by atoms with E-state index in [1.54, 1.807) is 32.4 Å². The van der Waals surface area contributed by atoms with Gasteiger partial charge in [0.15, 0.2) is 0 Å². The smallest absolute Gasteiger partial charge is 0.326 e. The number of ether oxygens (including phenoxy) is 2. The molecule has 1 aromatic heterocycles. The number of rotatable bonds is 4. The molecule has 0 atom stereocenters. The fourth-order valence-electron chi connectivity index (χ4n) is 3.91. The van der Waals surface area contributed by atoms with Crippen LogP contribution in [0.3, 0.4) is 0 Å². The van der Waals surface area contributed by atoms with Gasteiger partial charge in [0.05, 0.1) is 30.8 Å². The average molecular weight is 381 g/mol. The standard InChI is InChI=1S/C21H23N3O4/c1-27-15-7-8-16(19(13-15)28-2)20(25)23-11-9-14(10-12-23)24-18-6-4-3-5-17(18)22-21(24)26/h3-8,13-14H,9-12H2,1-2H3,(H,22,26). The summed E-state index contributed by atoms with van der Waals surface area (Å²) < 4.78 is 12.4. The van der Waals surface area contributed by atoms with Gasteiger partial charge in [0.25, 0.3) is 5.91 Å². The number of hydrogen-bond acceptors (Lipinski definition) is 4. The van der Waals surface area contributed by atoms with Crippen LogP contribution in [-0.4, -0.2) is 47.7 Å². The van der Waals surface area contributed by atoms with Gasteiger partial charge in [-0.1, -0.05) is 12.1 Å². The second kappa shape index (κ2) is 7.42. The summed E-state index contributed by atoms with van der Waals surface area (Å²) in [5.41, 5.74) is 2.18. The lowest BCUT2D eigenvalue weighted by atomic mass is 10.0. The number of fused-ring (bicyclic) bond motifs is 1. The molecule has 0 bridgehead atoms. The Labute approximate surface area is 162 Å². The van der Waals surface area contributed by atoms with E-state index in [4.69, 9.17) is 9.47 Å². The van der Waals surface area contributed by atoms with Crippen LogP contribution in [0.5, 0.6) is 11.5 Å². The first-order valence-corrected chi connectivity index (χ1v) is 9.33. The van der Waals surface area contributed by atoms with Crippen LogP contribution in [0.1, 0.15) is 29.2 Å². The molecule has 0 unspecified atom stereocenters. The van der Waals surface area contributed by atoms with Crippen molar-refractivity contribution in [3.05, 3.63) is 58.5 Å². The minimum atomic E-state index is -0.0946. The summed E-state index contributed by atoms with van der Waals surface area (Å²) in [6, 6.07) is 13.0. The summed E-state index contributed by atoms with van der Waals surface area (Å²) in [4.78, 5) is 30.1. The predicted molar refractivity (Wildman–Crippen MR) is 106 cm³/mol. The van der Waals surface area contributed by atoms with Gasteiger partial charge in [0, 0.05) is 25.2 Å². The molecule has 7 heteroatoms. The summed E-state index contributed by atoms with van der Waals surface area (Å²) in [5, 5.41) is 0. The van der Waals surface area contributed by atoms with E-state index >= 15 is 0 Å². The van der Waals surface area contributed by atoms with Crippen LogP contribution in [0.15, 0.2) is 47.3 Å². The molecule has 1 fully saturated rings. The number of piperidine rings is 1. The van der Waals surface area contributed by atoms with Crippen LogP contribution in [0.25, 0.3) is 11.0 Å². The Balaban J connectivity index is 1.52. The van der Waals surface area contributed by atoms with Crippen LogP contribution in [0.4, 0.5) is 0 Å². The number of aromatic amines is 1. The van der Waals surface area contributed by atoms with Crippen molar-refractivity contribution in [2.24, 2.45) is 0 Å². The van der Waals surface area contributed by atoms with Gasteiger partial charge in [-0.3, -0.25) is 9.36 Å². The van der Waals surface area contributed by atoms with E-state index in [-0.39, 0.29) is 17.6 Å². The molecule has 146 valence electrons. The number of benzene rings is 2. The number of hydrogen-bond donors (Lipinski definition) is 1. The Kier molecular flexibility index (Phi) is 4.81. The summed E-state index contributed by atoms with van der Waals surface area (Å²) in [6.07, 6.45) is 1.46. The maximum atomic E-state index is 13.0. The number of nitrogens with one attached hydrogen (secondary N) is 1. The van der Waals surface area contributed by atoms with Crippen molar-refractivity contribution in [1.82, 2.24) is 14.5 Å². The molecule has 4 rings (SSSR count). The van der Waals surface area contributed by atoms with Crippen molar-refractivity contribution in [3.8, 4) is 11.5 Å². The quantitative estimate of drug-likeness (QED) is 0.754. The van der Waals surface area contributed by atoms with E-state index in [9.17, 15) is 9.59 Å². The molecule has 0 spiro atoms. The lowest BCUT2D eigenvalue weighted by molar-refractivity contribution is 0.0691. The van der Waals surface area contributed by atoms with Gasteiger partial charge < -0.3 is 19.4 Å². The molecule has 0 radical (unpaired) electrons. The molecule has 1 saturated heterocycles. The number of para-hydroxylation sites is 2. The lowest BCUT2D eigenvalue weighted by Gasteiger charge is -2.33. The Morgan fingerprint density at radius 3 is 2.54 bits per heavy atom. The van der Waals surface area contributed by atoms with Crippen molar-refractivity contribution in [2.75, 3.05) is 27.3 Å². The third-order valence-corrected chi connectivity index (χ3v) is 5.38. The van der Waals surface area contributed by atoms with Crippen LogP contribution < -0.4 is 15.2 Å². The molecule has 28 heavy (non-hydrogen) atoms. The van der Waals surface area contributed by atoms with E-state index in [0.717, 1.165) is 23.9 Å². The van der Waals surface area contributed by atoms with E-state index in [0.29, 0.717) is 30.2 Å². The first-order valence-electron chi connectivity index (χ1n) is 9.33. The zero-order valence-corrected chi connectivity index (χ0v) is 16.0. The van der Waals surface area contributed by atoms with E-state index < -0.39 is 0 Å². The number of carbonyl (C=O) groups excluding carboxylic acids is 1. The van der Waals surface area contributed by atoms with Gasteiger partial charge in [-0.25, -0.2) is 4.79 Å². The second-order valence-electron chi connectivity index (χ2n) is 6.91. The largest absolute Gasteiger partial charge is 0.497 e. The van der Waals surface area contributed by atoms with Crippen LogP contribution >= 0.6 is 0 Å². The number of methoxy groups -OCH3 is 2. The van der Waals surface area contributed by atoms with Crippen molar-refractivity contribution in [3.63, 3.8) is 0 Å². The van der Waals surface area contributed by atoms with Gasteiger partial charge in [-0.15, -0.1) is 0 Å². The fraction of sp³-hybridized carbons (Fsp3) is 0.333. The highest BCUT2D eigenvalue weighted by molar-refractivity contribution is 5.97. The molecule has 1 N–H and O–H groups in total. The number of amides is 1. The highest BCUT2D eigenvalue weighted by Crippen LogP contribution is 2.29. The summed E-state index contributed by atoms with van der Waals surface area (Å²) in [6.45, 7) is 1.18. The molecule has 1 aliphatic heterocycles. The lowest BCUT2D eigenvalue weighted by Crippen LogP contribution is -2.40. The molecule has 1 amide bonds. The Morgan fingerprint density at radius 1 is 1.07 bits per heavy atom. The average Bonchev–Trinajstić information content (AvgIpc) is 3.08. The molecule has 0 saturated carbocycles. The van der Waals surface area contributed by atoms with E-state index in [1.807, 2.05) is 33.7 Å². The Bertz CT molecular complexity index is 1060. The molecule has 3 aromatic rings. The number of imidazole rings is 1. The minimum absolute atomic E-state index is 0.0655. The Hall–Kier alpha value is -3.22. The first-order chi connectivity index (χ1) is 13.6. The van der Waals surface area contributed by atoms with Gasteiger partial charge in [0.2, 0.25) is 0 Å².